The molecular weight excluding hydrogens is 358 g/mol. The van der Waals surface area contributed by atoms with Crippen molar-refractivity contribution in [3.05, 3.63) is 54.0 Å². The number of hydrogen-bond donors (Lipinski definition) is 0. The lowest BCUT2D eigenvalue weighted by Crippen LogP contribution is -2.34. The first kappa shape index (κ1) is 19.7. The lowest BCUT2D eigenvalue weighted by molar-refractivity contribution is -0.132. The van der Waals surface area contributed by atoms with Crippen molar-refractivity contribution < 1.29 is 19.1 Å². The maximum Gasteiger partial charge on any atom is 0.363 e. The number of aromatic nitrogens is 2. The Morgan fingerprint density at radius 2 is 2.00 bits per heavy atom. The van der Waals surface area contributed by atoms with Crippen LogP contribution < -0.4 is 4.74 Å². The molecule has 0 spiro atoms. The summed E-state index contributed by atoms with van der Waals surface area (Å²) in [4.78, 5) is 26.7. The minimum atomic E-state index is -0.687. The summed E-state index contributed by atoms with van der Waals surface area (Å²) in [6, 6.07) is 9.37. The molecule has 0 radical (unpaired) electrons. The maximum atomic E-state index is 12.5. The van der Waals surface area contributed by atoms with Crippen molar-refractivity contribution in [2.75, 3.05) is 20.3 Å². The van der Waals surface area contributed by atoms with Gasteiger partial charge in [-0.25, -0.2) is 9.48 Å². The molecule has 0 bridgehead atoms. The number of allylic oxidation sites excluding steroid dienone is 2. The molecule has 1 aliphatic carbocycles. The van der Waals surface area contributed by atoms with Crippen molar-refractivity contribution in [2.45, 2.75) is 32.6 Å². The number of hydrogen-bond acceptors (Lipinski definition) is 5. The summed E-state index contributed by atoms with van der Waals surface area (Å²) in [5.74, 6) is -0.623. The van der Waals surface area contributed by atoms with Gasteiger partial charge >= 0.3 is 5.97 Å². The van der Waals surface area contributed by atoms with Crippen LogP contribution in [0.15, 0.2) is 48.3 Å². The first-order valence-electron chi connectivity index (χ1n) is 9.49. The molecule has 0 saturated carbocycles. The zero-order valence-electron chi connectivity index (χ0n) is 16.3. The number of nitrogens with zero attached hydrogens (tertiary/aromatic N) is 3. The van der Waals surface area contributed by atoms with E-state index in [2.05, 4.69) is 11.2 Å². The van der Waals surface area contributed by atoms with E-state index in [1.807, 2.05) is 37.3 Å². The molecule has 7 nitrogen and oxygen atoms in total. The molecule has 3 rings (SSSR count). The molecule has 1 aliphatic rings. The lowest BCUT2D eigenvalue weighted by atomic mass is 10.0. The van der Waals surface area contributed by atoms with Crippen molar-refractivity contribution in [3.8, 4) is 11.4 Å². The molecule has 0 aliphatic heterocycles. The van der Waals surface area contributed by atoms with E-state index in [0.717, 1.165) is 37.1 Å². The van der Waals surface area contributed by atoms with Crippen LogP contribution in [0.5, 0.6) is 5.75 Å². The zero-order chi connectivity index (χ0) is 19.9. The molecule has 28 heavy (non-hydrogen) atoms. The van der Waals surface area contributed by atoms with E-state index in [4.69, 9.17) is 9.47 Å². The molecule has 0 N–H and O–H groups in total. The van der Waals surface area contributed by atoms with Crippen molar-refractivity contribution in [3.63, 3.8) is 0 Å². The highest BCUT2D eigenvalue weighted by atomic mass is 16.5. The number of amides is 1. The molecule has 1 heterocycles. The van der Waals surface area contributed by atoms with Crippen molar-refractivity contribution in [1.29, 1.82) is 0 Å². The highest BCUT2D eigenvalue weighted by molar-refractivity contribution is 5.92. The number of methoxy groups -OCH3 is 1. The summed E-state index contributed by atoms with van der Waals surface area (Å²) in [7, 11) is 1.46. The minimum Gasteiger partial charge on any atom is -0.493 e. The highest BCUT2D eigenvalue weighted by Crippen LogP contribution is 2.22. The van der Waals surface area contributed by atoms with E-state index in [0.29, 0.717) is 12.3 Å². The molecule has 1 aromatic carbocycles. The number of rotatable bonds is 7. The van der Waals surface area contributed by atoms with Crippen LogP contribution in [0.2, 0.25) is 0 Å². The van der Waals surface area contributed by atoms with E-state index < -0.39 is 5.97 Å². The summed E-state index contributed by atoms with van der Waals surface area (Å²) >= 11 is 0. The molecule has 0 unspecified atom stereocenters. The van der Waals surface area contributed by atoms with Crippen LogP contribution in [-0.4, -0.2) is 46.8 Å². The van der Waals surface area contributed by atoms with Gasteiger partial charge in [0.1, 0.15) is 0 Å². The zero-order valence-corrected chi connectivity index (χ0v) is 16.3. The number of ether oxygens (including phenoxy) is 2. The van der Waals surface area contributed by atoms with Crippen LogP contribution in [0.1, 0.15) is 43.1 Å². The topological polar surface area (TPSA) is 73.7 Å². The number of benzene rings is 1. The van der Waals surface area contributed by atoms with Crippen LogP contribution in [0, 0.1) is 0 Å². The van der Waals surface area contributed by atoms with Gasteiger partial charge in [0, 0.05) is 12.2 Å². The summed E-state index contributed by atoms with van der Waals surface area (Å²) in [5, 5.41) is 4.26. The first-order valence-corrected chi connectivity index (χ1v) is 9.49. The Bertz CT molecular complexity index is 858. The smallest absolute Gasteiger partial charge is 0.363 e. The van der Waals surface area contributed by atoms with Gasteiger partial charge in [-0.15, -0.1) is 0 Å². The Kier molecular flexibility index (Phi) is 6.47. The number of esters is 1. The Balaban J connectivity index is 1.68. The fourth-order valence-corrected chi connectivity index (χ4v) is 3.24. The predicted octanol–water partition coefficient (Wildman–Crippen LogP) is 3.34. The van der Waals surface area contributed by atoms with Gasteiger partial charge in [0.25, 0.3) is 5.91 Å². The summed E-state index contributed by atoms with van der Waals surface area (Å²) in [6.45, 7) is 2.14. The van der Waals surface area contributed by atoms with Crippen molar-refractivity contribution in [1.82, 2.24) is 14.7 Å². The van der Waals surface area contributed by atoms with E-state index in [-0.39, 0.29) is 18.2 Å². The molecule has 1 aromatic heterocycles. The summed E-state index contributed by atoms with van der Waals surface area (Å²) in [6.07, 6.45) is 7.78. The third-order valence-corrected chi connectivity index (χ3v) is 4.67. The van der Waals surface area contributed by atoms with Crippen LogP contribution in [0.25, 0.3) is 5.69 Å². The van der Waals surface area contributed by atoms with E-state index in [1.165, 1.54) is 7.11 Å². The normalized spacial score (nSPS) is 13.6. The molecule has 0 fully saturated rings. The van der Waals surface area contributed by atoms with Gasteiger partial charge in [0.2, 0.25) is 5.69 Å². The third kappa shape index (κ3) is 4.42. The quantitative estimate of drug-likeness (QED) is 0.686. The first-order chi connectivity index (χ1) is 13.6. The molecule has 148 valence electrons. The minimum absolute atomic E-state index is 0.0408. The number of carbonyl (C=O) groups excluding carboxylic acids is 2. The fraction of sp³-hybridized carbons (Fsp3) is 0.381. The predicted molar refractivity (Wildman–Crippen MR) is 104 cm³/mol. The Hall–Kier alpha value is -3.09. The molecule has 0 saturated heterocycles. The Morgan fingerprint density at radius 1 is 1.21 bits per heavy atom. The third-order valence-electron chi connectivity index (χ3n) is 4.67. The maximum absolute atomic E-state index is 12.5. The van der Waals surface area contributed by atoms with Gasteiger partial charge in [0.15, 0.2) is 12.4 Å². The van der Waals surface area contributed by atoms with Gasteiger partial charge in [-0.05, 0) is 44.7 Å². The number of likely N-dealkylation sites (N-methyl/N-ethyl adjacent to an activating group) is 1. The van der Waals surface area contributed by atoms with Gasteiger partial charge in [-0.3, -0.25) is 4.79 Å². The van der Waals surface area contributed by atoms with Gasteiger partial charge in [-0.2, -0.15) is 5.10 Å². The fourth-order valence-electron chi connectivity index (χ4n) is 3.24. The average molecular weight is 383 g/mol. The van der Waals surface area contributed by atoms with Crippen molar-refractivity contribution >= 4 is 11.9 Å². The largest absolute Gasteiger partial charge is 0.493 e. The SMILES string of the molecule is CCN(C(=O)COC(=O)c1nn(-c2ccccc2)cc1OC)C1=CCCCC1. The van der Waals surface area contributed by atoms with E-state index in [1.54, 1.807) is 15.8 Å². The lowest BCUT2D eigenvalue weighted by Gasteiger charge is -2.26. The monoisotopic (exact) mass is 383 g/mol. The van der Waals surface area contributed by atoms with E-state index >= 15 is 0 Å². The van der Waals surface area contributed by atoms with Crippen LogP contribution in [-0.2, 0) is 9.53 Å². The molecule has 1 amide bonds. The molecule has 0 atom stereocenters. The van der Waals surface area contributed by atoms with Gasteiger partial charge in [-0.1, -0.05) is 24.3 Å². The second-order valence-corrected chi connectivity index (χ2v) is 6.48. The Labute approximate surface area is 164 Å². The van der Waals surface area contributed by atoms with Crippen molar-refractivity contribution in [2.24, 2.45) is 0 Å². The van der Waals surface area contributed by atoms with Crippen LogP contribution in [0.4, 0.5) is 0 Å². The molecule has 2 aromatic rings. The van der Waals surface area contributed by atoms with Gasteiger partial charge in [0.05, 0.1) is 19.0 Å². The van der Waals surface area contributed by atoms with Crippen LogP contribution in [0.3, 0.4) is 0 Å². The second kappa shape index (κ2) is 9.21. The van der Waals surface area contributed by atoms with Gasteiger partial charge < -0.3 is 14.4 Å². The number of para-hydroxylation sites is 1. The second-order valence-electron chi connectivity index (χ2n) is 6.48. The highest BCUT2D eigenvalue weighted by Gasteiger charge is 2.23. The average Bonchev–Trinajstić information content (AvgIpc) is 3.18. The molecule has 7 heteroatoms. The van der Waals surface area contributed by atoms with E-state index in [9.17, 15) is 9.59 Å². The van der Waals surface area contributed by atoms with Crippen LogP contribution >= 0.6 is 0 Å². The summed E-state index contributed by atoms with van der Waals surface area (Å²) < 4.78 is 12.0. The summed E-state index contributed by atoms with van der Waals surface area (Å²) in [5.41, 5.74) is 1.84. The standard InChI is InChI=1S/C21H25N3O4/c1-3-23(16-10-6-4-7-11-16)19(25)15-28-21(26)20-18(27-2)14-24(22-20)17-12-8-5-9-13-17/h5,8-10,12-14H,3-4,6-7,11,15H2,1-2H3. The Morgan fingerprint density at radius 3 is 2.64 bits per heavy atom. The molecular formula is C21H25N3O4. The number of carbonyl (C=O) groups is 2.